The molecule has 0 heterocycles. The summed E-state index contributed by atoms with van der Waals surface area (Å²) in [5.41, 5.74) is 0. The Kier molecular flexibility index (Phi) is 30.1. The predicted molar refractivity (Wildman–Crippen MR) is 74.4 cm³/mol. The van der Waals surface area contributed by atoms with Crippen LogP contribution < -0.4 is 0 Å². The quantitative estimate of drug-likeness (QED) is 0.488. The minimum Gasteiger partial charge on any atom is -0.300 e. The van der Waals surface area contributed by atoms with Crippen molar-refractivity contribution in [2.45, 2.75) is 67.2 Å². The molecule has 0 radical (unpaired) electrons. The molecule has 0 aromatic rings. The lowest BCUT2D eigenvalue weighted by molar-refractivity contribution is -0.116. The first-order valence-corrected chi connectivity index (χ1v) is 6.16. The van der Waals surface area contributed by atoms with Gasteiger partial charge in [0.2, 0.25) is 0 Å². The second-order valence-electron chi connectivity index (χ2n) is 3.09. The van der Waals surface area contributed by atoms with Gasteiger partial charge in [-0.1, -0.05) is 39.8 Å². The number of allylic oxidation sites excluding steroid dienone is 2. The highest BCUT2D eigenvalue weighted by Gasteiger charge is 1.76. The van der Waals surface area contributed by atoms with Gasteiger partial charge in [0, 0.05) is 19.3 Å². The van der Waals surface area contributed by atoms with E-state index in [4.69, 9.17) is 0 Å². The van der Waals surface area contributed by atoms with Crippen LogP contribution in [0.5, 0.6) is 0 Å². The Morgan fingerprint density at radius 2 is 1.44 bits per heavy atom. The van der Waals surface area contributed by atoms with E-state index < -0.39 is 0 Å². The number of carbonyl (C=O) groups excluding carboxylic acids is 1. The highest BCUT2D eigenvalue weighted by atomic mass is 16.1. The molecular formula is C15H28O. The number of carbonyl (C=O) groups is 1. The second kappa shape index (κ2) is 23.6. The molecule has 0 aliphatic heterocycles. The number of rotatable bonds is 2. The summed E-state index contributed by atoms with van der Waals surface area (Å²) in [7, 11) is 0. The Balaban J connectivity index is -0.000000160. The molecule has 0 rings (SSSR count). The van der Waals surface area contributed by atoms with E-state index >= 15 is 0 Å². The molecule has 0 N–H and O–H groups in total. The first kappa shape index (κ1) is 20.4. The molecule has 0 fully saturated rings. The van der Waals surface area contributed by atoms with Crippen LogP contribution in [0.15, 0.2) is 12.2 Å². The minimum atomic E-state index is 0.255. The normalized spacial score (nSPS) is 7.88. The van der Waals surface area contributed by atoms with Gasteiger partial charge in [0.15, 0.2) is 0 Å². The monoisotopic (exact) mass is 224 g/mol. The van der Waals surface area contributed by atoms with Crippen LogP contribution in [0.2, 0.25) is 0 Å². The molecule has 94 valence electrons. The average molecular weight is 224 g/mol. The fourth-order valence-corrected chi connectivity index (χ4v) is 0.486. The zero-order valence-electron chi connectivity index (χ0n) is 11.9. The van der Waals surface area contributed by atoms with E-state index in [0.29, 0.717) is 6.42 Å². The third-order valence-corrected chi connectivity index (χ3v) is 1.45. The van der Waals surface area contributed by atoms with E-state index in [2.05, 4.69) is 44.8 Å². The summed E-state index contributed by atoms with van der Waals surface area (Å²) in [5, 5.41) is 0. The molecule has 0 atom stereocenters. The van der Waals surface area contributed by atoms with E-state index in [1.54, 1.807) is 6.92 Å². The van der Waals surface area contributed by atoms with Gasteiger partial charge < -0.3 is 4.79 Å². The molecule has 0 bridgehead atoms. The van der Waals surface area contributed by atoms with Crippen molar-refractivity contribution in [1.29, 1.82) is 0 Å². The summed E-state index contributed by atoms with van der Waals surface area (Å²) < 4.78 is 0. The molecule has 0 aromatic heterocycles. The van der Waals surface area contributed by atoms with E-state index in [1.165, 1.54) is 0 Å². The number of hydrogen-bond donors (Lipinski definition) is 0. The van der Waals surface area contributed by atoms with Gasteiger partial charge in [0.05, 0.1) is 0 Å². The van der Waals surface area contributed by atoms with Gasteiger partial charge in [-0.3, -0.25) is 0 Å². The van der Waals surface area contributed by atoms with Crippen LogP contribution >= 0.6 is 0 Å². The Hall–Kier alpha value is -1.03. The number of ketones is 1. The van der Waals surface area contributed by atoms with Crippen molar-refractivity contribution in [2.24, 2.45) is 0 Å². The lowest BCUT2D eigenvalue weighted by Crippen LogP contribution is -1.80. The van der Waals surface area contributed by atoms with E-state index in [0.717, 1.165) is 19.3 Å². The smallest absolute Gasteiger partial charge is 0.129 e. The largest absolute Gasteiger partial charge is 0.300 e. The van der Waals surface area contributed by atoms with Gasteiger partial charge in [-0.25, -0.2) is 0 Å². The maximum Gasteiger partial charge on any atom is 0.129 e. The van der Waals surface area contributed by atoms with Gasteiger partial charge >= 0.3 is 0 Å². The summed E-state index contributed by atoms with van der Waals surface area (Å²) in [6.07, 6.45) is 8.00. The predicted octanol–water partition coefficient (Wildman–Crippen LogP) is 4.77. The minimum absolute atomic E-state index is 0.255. The van der Waals surface area contributed by atoms with Crippen LogP contribution in [0, 0.1) is 11.8 Å². The summed E-state index contributed by atoms with van der Waals surface area (Å²) in [6, 6.07) is 0. The zero-order valence-corrected chi connectivity index (χ0v) is 11.9. The lowest BCUT2D eigenvalue weighted by Gasteiger charge is -1.71. The fourth-order valence-electron chi connectivity index (χ4n) is 0.486. The lowest BCUT2D eigenvalue weighted by atomic mass is 10.4. The highest BCUT2D eigenvalue weighted by molar-refractivity contribution is 5.74. The molecule has 16 heavy (non-hydrogen) atoms. The Morgan fingerprint density at radius 3 is 1.50 bits per heavy atom. The van der Waals surface area contributed by atoms with Crippen molar-refractivity contribution in [1.82, 2.24) is 0 Å². The van der Waals surface area contributed by atoms with Crippen LogP contribution in [-0.2, 0) is 4.79 Å². The van der Waals surface area contributed by atoms with Crippen LogP contribution in [0.25, 0.3) is 0 Å². The number of Topliss-reactive ketones (excluding diaryl/α,β-unsaturated/α-hetero) is 1. The van der Waals surface area contributed by atoms with Crippen molar-refractivity contribution >= 4 is 5.78 Å². The maximum atomic E-state index is 9.81. The molecule has 0 saturated heterocycles. The number of hydrogen-bond acceptors (Lipinski definition) is 1. The molecule has 0 aliphatic rings. The molecule has 0 spiro atoms. The molecule has 0 amide bonds. The van der Waals surface area contributed by atoms with Gasteiger partial charge in [-0.2, -0.15) is 0 Å². The Morgan fingerprint density at radius 1 is 1.06 bits per heavy atom. The van der Waals surface area contributed by atoms with Gasteiger partial charge in [-0.05, 0) is 20.3 Å². The molecule has 0 unspecified atom stereocenters. The SMILES string of the molecule is C/C=C/CC.CCC#CCC.CCC(C)=O. The van der Waals surface area contributed by atoms with Crippen LogP contribution in [0.1, 0.15) is 67.2 Å². The van der Waals surface area contributed by atoms with Crippen LogP contribution in [-0.4, -0.2) is 5.78 Å². The van der Waals surface area contributed by atoms with Crippen molar-refractivity contribution in [3.05, 3.63) is 12.2 Å². The van der Waals surface area contributed by atoms with E-state index in [9.17, 15) is 4.79 Å². The third kappa shape index (κ3) is 52.1. The summed E-state index contributed by atoms with van der Waals surface area (Å²) in [5.74, 6) is 6.15. The molecule has 0 aromatic carbocycles. The summed E-state index contributed by atoms with van der Waals surface area (Å²) in [6.45, 7) is 11.7. The van der Waals surface area contributed by atoms with Gasteiger partial charge in [-0.15, -0.1) is 11.8 Å². The molecular weight excluding hydrogens is 196 g/mol. The standard InChI is InChI=1S/C6H10.C5H10.C4H8O/c1-3-5-6-4-2;1-3-5-4-2;1-3-4(2)5/h3-4H2,1-2H3;3,5H,4H2,1-2H3;3H2,1-2H3/b;5-3+;. The highest BCUT2D eigenvalue weighted by Crippen LogP contribution is 1.73. The Labute approximate surface area is 102 Å². The molecule has 0 saturated carbocycles. The van der Waals surface area contributed by atoms with Crippen LogP contribution in [0.3, 0.4) is 0 Å². The molecule has 1 heteroatoms. The van der Waals surface area contributed by atoms with E-state index in [-0.39, 0.29) is 5.78 Å². The average Bonchev–Trinajstić information content (AvgIpc) is 2.29. The van der Waals surface area contributed by atoms with Gasteiger partial charge in [0.1, 0.15) is 5.78 Å². The van der Waals surface area contributed by atoms with Gasteiger partial charge in [0.25, 0.3) is 0 Å². The van der Waals surface area contributed by atoms with Crippen molar-refractivity contribution < 1.29 is 4.79 Å². The summed E-state index contributed by atoms with van der Waals surface area (Å²) >= 11 is 0. The molecule has 0 aliphatic carbocycles. The van der Waals surface area contributed by atoms with Crippen molar-refractivity contribution in [3.63, 3.8) is 0 Å². The first-order chi connectivity index (χ1) is 7.60. The molecule has 1 nitrogen and oxygen atoms in total. The van der Waals surface area contributed by atoms with E-state index in [1.807, 2.05) is 13.8 Å². The Bertz CT molecular complexity index is 195. The summed E-state index contributed by atoms with van der Waals surface area (Å²) in [4.78, 5) is 9.81. The maximum absolute atomic E-state index is 9.81. The van der Waals surface area contributed by atoms with Crippen molar-refractivity contribution in [2.75, 3.05) is 0 Å². The zero-order chi connectivity index (χ0) is 13.2. The van der Waals surface area contributed by atoms with Crippen molar-refractivity contribution in [3.8, 4) is 11.8 Å². The third-order valence-electron chi connectivity index (χ3n) is 1.45. The second-order valence-corrected chi connectivity index (χ2v) is 3.09. The first-order valence-electron chi connectivity index (χ1n) is 6.16. The fraction of sp³-hybridized carbons (Fsp3) is 0.667. The van der Waals surface area contributed by atoms with Crippen LogP contribution in [0.4, 0.5) is 0 Å². The topological polar surface area (TPSA) is 17.1 Å².